The predicted molar refractivity (Wildman–Crippen MR) is 192 cm³/mol. The normalized spacial score (nSPS) is 24.4. The van der Waals surface area contributed by atoms with Gasteiger partial charge in [0.15, 0.2) is 0 Å². The number of hydrogen-bond acceptors (Lipinski definition) is 1. The van der Waals surface area contributed by atoms with E-state index in [0.717, 1.165) is 0 Å². The Kier molecular flexibility index (Phi) is 4.59. The molecular weight excluding hydrogens is 543 g/mol. The molecule has 224 valence electrons. The molecule has 0 radical (unpaired) electrons. The molecule has 5 aromatic rings. The second kappa shape index (κ2) is 7.80. The van der Waals surface area contributed by atoms with Gasteiger partial charge >= 0.3 is 0 Å². The van der Waals surface area contributed by atoms with Crippen LogP contribution in [0.15, 0.2) is 66.7 Å². The van der Waals surface area contributed by atoms with E-state index in [-0.39, 0.29) is 28.5 Å². The molecule has 0 bridgehead atoms. The van der Waals surface area contributed by atoms with Crippen LogP contribution in [-0.2, 0) is 16.2 Å². The molecule has 0 N–H and O–H groups in total. The molecular formula is C42H43BN2. The lowest BCUT2D eigenvalue weighted by Gasteiger charge is -2.52. The Morgan fingerprint density at radius 2 is 1.53 bits per heavy atom. The van der Waals surface area contributed by atoms with Crippen LogP contribution in [0, 0.1) is 6.92 Å². The summed E-state index contributed by atoms with van der Waals surface area (Å²) in [7, 11) is 0. The number of aryl methyl sites for hydroxylation is 1. The van der Waals surface area contributed by atoms with Crippen LogP contribution in [0.25, 0.3) is 27.8 Å². The first kappa shape index (κ1) is 26.5. The molecule has 2 aliphatic carbocycles. The number of aromatic nitrogens is 1. The van der Waals surface area contributed by atoms with E-state index in [1.165, 1.54) is 104 Å². The summed E-state index contributed by atoms with van der Waals surface area (Å²) < 4.78 is 2.70. The quantitative estimate of drug-likeness (QED) is 0.162. The van der Waals surface area contributed by atoms with Crippen molar-refractivity contribution in [3.63, 3.8) is 0 Å². The Labute approximate surface area is 268 Å². The minimum Gasteiger partial charge on any atom is -0.335 e. The number of hydrogen-bond donors (Lipinski definition) is 0. The standard InChI is InChI=1S/C42H43BN2/c1-24-20-32-35-33(21-24)45-38-29(41(7)18-11-12-19-42(41,45)8)22-25(39(2,3)4)23-31(38)43(35)30-17-13-15-27-34-37(44(32)36(27)30)26-14-9-10-16-28(26)40(34,5)6/h9-10,13-17,20-23H,11-12,18-19H2,1-8H3. The van der Waals surface area contributed by atoms with Crippen molar-refractivity contribution in [3.8, 4) is 16.9 Å². The fourth-order valence-electron chi connectivity index (χ4n) is 10.9. The molecule has 0 spiro atoms. The van der Waals surface area contributed by atoms with Gasteiger partial charge in [-0.15, -0.1) is 0 Å². The van der Waals surface area contributed by atoms with E-state index in [4.69, 9.17) is 0 Å². The summed E-state index contributed by atoms with van der Waals surface area (Å²) in [5, 5.41) is 1.43. The van der Waals surface area contributed by atoms with Crippen LogP contribution in [0.5, 0.6) is 0 Å². The zero-order valence-corrected chi connectivity index (χ0v) is 28.2. The highest BCUT2D eigenvalue weighted by molar-refractivity contribution is 7.00. The number of nitrogens with zero attached hydrogens (tertiary/aromatic N) is 2. The third-order valence-electron chi connectivity index (χ3n) is 13.3. The predicted octanol–water partition coefficient (Wildman–Crippen LogP) is 8.43. The maximum Gasteiger partial charge on any atom is 0.252 e. The van der Waals surface area contributed by atoms with Crippen LogP contribution in [0.1, 0.15) is 102 Å². The maximum atomic E-state index is 2.87. The molecule has 3 aliphatic heterocycles. The van der Waals surface area contributed by atoms with Gasteiger partial charge in [0, 0.05) is 44.4 Å². The number of anilines is 2. The highest BCUT2D eigenvalue weighted by Gasteiger charge is 2.61. The number of benzene rings is 4. The van der Waals surface area contributed by atoms with Gasteiger partial charge in [0.25, 0.3) is 6.71 Å². The van der Waals surface area contributed by atoms with Crippen LogP contribution in [0.2, 0.25) is 0 Å². The number of rotatable bonds is 0. The van der Waals surface area contributed by atoms with Crippen molar-refractivity contribution in [1.29, 1.82) is 0 Å². The topological polar surface area (TPSA) is 8.17 Å². The lowest BCUT2D eigenvalue weighted by molar-refractivity contribution is 0.195. The van der Waals surface area contributed by atoms with Gasteiger partial charge in [-0.25, -0.2) is 0 Å². The summed E-state index contributed by atoms with van der Waals surface area (Å²) in [6.45, 7) is 19.8. The summed E-state index contributed by atoms with van der Waals surface area (Å²) in [6, 6.07) is 26.7. The van der Waals surface area contributed by atoms with E-state index in [0.29, 0.717) is 0 Å². The van der Waals surface area contributed by atoms with Gasteiger partial charge in [-0.05, 0) is 88.4 Å². The van der Waals surface area contributed by atoms with Gasteiger partial charge in [-0.1, -0.05) is 109 Å². The molecule has 4 heterocycles. The van der Waals surface area contributed by atoms with Gasteiger partial charge in [0.05, 0.1) is 11.2 Å². The number of fused-ring (bicyclic) bond motifs is 12. The second-order valence-corrected chi connectivity index (χ2v) is 17.0. The lowest BCUT2D eigenvalue weighted by atomic mass is 9.33. The fourth-order valence-corrected chi connectivity index (χ4v) is 10.9. The van der Waals surface area contributed by atoms with E-state index in [2.05, 4.69) is 132 Å². The van der Waals surface area contributed by atoms with Crippen molar-refractivity contribution in [3.05, 3.63) is 94.5 Å². The van der Waals surface area contributed by atoms with Gasteiger partial charge in [-0.3, -0.25) is 0 Å². The van der Waals surface area contributed by atoms with Crippen LogP contribution < -0.4 is 21.3 Å². The summed E-state index contributed by atoms with van der Waals surface area (Å²) >= 11 is 0. The number of para-hydroxylation sites is 1. The van der Waals surface area contributed by atoms with Gasteiger partial charge in [0.1, 0.15) is 0 Å². The summed E-state index contributed by atoms with van der Waals surface area (Å²) in [5.74, 6) is 0. The van der Waals surface area contributed by atoms with Crippen molar-refractivity contribution in [1.82, 2.24) is 4.57 Å². The van der Waals surface area contributed by atoms with Gasteiger partial charge in [-0.2, -0.15) is 0 Å². The zero-order valence-electron chi connectivity index (χ0n) is 28.2. The first-order valence-electron chi connectivity index (χ1n) is 17.3. The Hall–Kier alpha value is -3.72. The second-order valence-electron chi connectivity index (χ2n) is 17.0. The molecule has 0 saturated heterocycles. The minimum absolute atomic E-state index is 0.0465. The molecule has 0 amide bonds. The maximum absolute atomic E-state index is 2.87. The monoisotopic (exact) mass is 586 g/mol. The smallest absolute Gasteiger partial charge is 0.252 e. The molecule has 2 nitrogen and oxygen atoms in total. The highest BCUT2D eigenvalue weighted by Crippen LogP contribution is 2.62. The summed E-state index contributed by atoms with van der Waals surface area (Å²) in [5.41, 5.74) is 20.7. The van der Waals surface area contributed by atoms with Crippen LogP contribution in [-0.4, -0.2) is 16.8 Å². The van der Waals surface area contributed by atoms with Gasteiger partial charge < -0.3 is 9.47 Å². The first-order valence-corrected chi connectivity index (χ1v) is 17.3. The first-order chi connectivity index (χ1) is 21.4. The third-order valence-corrected chi connectivity index (χ3v) is 13.3. The van der Waals surface area contributed by atoms with Crippen LogP contribution in [0.3, 0.4) is 0 Å². The molecule has 5 aliphatic rings. The zero-order chi connectivity index (χ0) is 31.0. The van der Waals surface area contributed by atoms with Crippen molar-refractivity contribution in [2.75, 3.05) is 4.90 Å². The Morgan fingerprint density at radius 3 is 2.33 bits per heavy atom. The Bertz CT molecular complexity index is 2190. The van der Waals surface area contributed by atoms with E-state index in [1.807, 2.05) is 0 Å². The van der Waals surface area contributed by atoms with Crippen molar-refractivity contribution >= 4 is 45.4 Å². The lowest BCUT2D eigenvalue weighted by Crippen LogP contribution is -2.64. The van der Waals surface area contributed by atoms with Gasteiger partial charge in [0.2, 0.25) is 0 Å². The van der Waals surface area contributed by atoms with Crippen LogP contribution >= 0.6 is 0 Å². The average molecular weight is 587 g/mol. The molecule has 2 unspecified atom stereocenters. The molecule has 45 heavy (non-hydrogen) atoms. The molecule has 10 rings (SSSR count). The molecule has 1 fully saturated rings. The molecule has 1 aromatic heterocycles. The molecule has 1 saturated carbocycles. The SMILES string of the molecule is Cc1cc2c3c(c1)-n1c4c(c5cccc(c51)B3c1cc(C(C)(C)C)cc3c1N2C1(C)CCCCC31C)C(C)(C)c1ccccc1-4. The fraction of sp³-hybridized carbons (Fsp3) is 0.381. The highest BCUT2D eigenvalue weighted by atomic mass is 15.3. The van der Waals surface area contributed by atoms with E-state index < -0.39 is 0 Å². The summed E-state index contributed by atoms with van der Waals surface area (Å²) in [6.07, 6.45) is 5.11. The molecule has 4 aromatic carbocycles. The van der Waals surface area contributed by atoms with Crippen LogP contribution in [0.4, 0.5) is 11.4 Å². The third kappa shape index (κ3) is 2.80. The molecule has 2 atom stereocenters. The van der Waals surface area contributed by atoms with Crippen molar-refractivity contribution in [2.24, 2.45) is 0 Å². The van der Waals surface area contributed by atoms with E-state index in [9.17, 15) is 0 Å². The van der Waals surface area contributed by atoms with Crippen molar-refractivity contribution in [2.45, 2.75) is 103 Å². The Balaban J connectivity index is 1.41. The Morgan fingerprint density at radius 1 is 0.778 bits per heavy atom. The van der Waals surface area contributed by atoms with E-state index in [1.54, 1.807) is 5.56 Å². The largest absolute Gasteiger partial charge is 0.335 e. The van der Waals surface area contributed by atoms with E-state index >= 15 is 0 Å². The van der Waals surface area contributed by atoms with Crippen molar-refractivity contribution < 1.29 is 0 Å². The average Bonchev–Trinajstić information content (AvgIpc) is 3.54. The minimum atomic E-state index is -0.0553. The summed E-state index contributed by atoms with van der Waals surface area (Å²) in [4.78, 5) is 2.87. The molecule has 3 heteroatoms.